The van der Waals surface area contributed by atoms with Crippen molar-refractivity contribution in [2.45, 2.75) is 20.4 Å². The van der Waals surface area contributed by atoms with Gasteiger partial charge in [0.25, 0.3) is 0 Å². The van der Waals surface area contributed by atoms with Gasteiger partial charge < -0.3 is 24.4 Å². The molecule has 0 radical (unpaired) electrons. The van der Waals surface area contributed by atoms with E-state index in [1.165, 1.54) is 6.07 Å². The normalized spacial score (nSPS) is 14.8. The van der Waals surface area contributed by atoms with Crippen LogP contribution in [0.1, 0.15) is 19.4 Å². The predicted molar refractivity (Wildman–Crippen MR) is 109 cm³/mol. The molecule has 1 fully saturated rings. The molecule has 1 aliphatic rings. The molecule has 0 atom stereocenters. The van der Waals surface area contributed by atoms with Gasteiger partial charge in [-0.25, -0.2) is 19.2 Å². The number of hydrogen-bond acceptors (Lipinski definition) is 4. The highest BCUT2D eigenvalue weighted by Crippen LogP contribution is 2.16. The minimum absolute atomic E-state index is 0.275. The molecule has 1 saturated heterocycles. The highest BCUT2D eigenvalue weighted by Gasteiger charge is 2.23. The van der Waals surface area contributed by atoms with Gasteiger partial charge >= 0.3 is 6.09 Å². The van der Waals surface area contributed by atoms with Crippen LogP contribution >= 0.6 is 0 Å². The second-order valence-electron chi connectivity index (χ2n) is 6.60. The van der Waals surface area contributed by atoms with Gasteiger partial charge in [0.2, 0.25) is 0 Å². The number of carbonyl (C=O) groups is 1. The Balaban J connectivity index is 1.64. The van der Waals surface area contributed by atoms with E-state index in [9.17, 15) is 9.18 Å². The number of ether oxygens (including phenoxy) is 1. The standard InChI is InChI=1S/C20H27FN6O2/c1-3-23-19(25-9-11-26(12-10-25)20(28)29-4-2)24-14-16-5-6-18(17(21)13-16)27-8-7-22-15-27/h5-8,13,15H,3-4,9-12,14H2,1-2H3,(H,23,24). The molecule has 0 aliphatic carbocycles. The number of nitrogens with one attached hydrogen (secondary N) is 1. The highest BCUT2D eigenvalue weighted by atomic mass is 19.1. The van der Waals surface area contributed by atoms with E-state index in [0.29, 0.717) is 45.0 Å². The summed E-state index contributed by atoms with van der Waals surface area (Å²) in [6.45, 7) is 7.76. The summed E-state index contributed by atoms with van der Waals surface area (Å²) in [5, 5.41) is 3.28. The van der Waals surface area contributed by atoms with Crippen molar-refractivity contribution < 1.29 is 13.9 Å². The number of aliphatic imine (C=N–C) groups is 1. The van der Waals surface area contributed by atoms with E-state index in [0.717, 1.165) is 18.1 Å². The summed E-state index contributed by atoms with van der Waals surface area (Å²) in [7, 11) is 0. The quantitative estimate of drug-likeness (QED) is 0.613. The van der Waals surface area contributed by atoms with Gasteiger partial charge in [-0.05, 0) is 31.5 Å². The lowest BCUT2D eigenvalue weighted by molar-refractivity contribution is 0.0914. The Kier molecular flexibility index (Phi) is 7.04. The summed E-state index contributed by atoms with van der Waals surface area (Å²) in [5.41, 5.74) is 1.24. The summed E-state index contributed by atoms with van der Waals surface area (Å²) >= 11 is 0. The Bertz CT molecular complexity index is 832. The molecule has 1 aromatic carbocycles. The van der Waals surface area contributed by atoms with E-state index >= 15 is 0 Å². The van der Waals surface area contributed by atoms with Crippen LogP contribution in [0.3, 0.4) is 0 Å². The van der Waals surface area contributed by atoms with Crippen LogP contribution in [0.5, 0.6) is 0 Å². The van der Waals surface area contributed by atoms with Gasteiger partial charge in [0.05, 0.1) is 25.2 Å². The van der Waals surface area contributed by atoms with Crippen LogP contribution in [0, 0.1) is 5.82 Å². The first-order valence-corrected chi connectivity index (χ1v) is 9.84. The predicted octanol–water partition coefficient (Wildman–Crippen LogP) is 2.25. The molecule has 1 aliphatic heterocycles. The van der Waals surface area contributed by atoms with Gasteiger partial charge in [-0.1, -0.05) is 6.07 Å². The number of nitrogens with zero attached hydrogens (tertiary/aromatic N) is 5. The topological polar surface area (TPSA) is 75.0 Å². The first-order chi connectivity index (χ1) is 14.1. The largest absolute Gasteiger partial charge is 0.450 e. The number of piperazine rings is 1. The third-order valence-electron chi connectivity index (χ3n) is 4.65. The molecule has 1 N–H and O–H groups in total. The molecule has 3 rings (SSSR count). The molecule has 0 spiro atoms. The van der Waals surface area contributed by atoms with E-state index in [4.69, 9.17) is 4.74 Å². The fourth-order valence-corrected chi connectivity index (χ4v) is 3.17. The van der Waals surface area contributed by atoms with E-state index in [2.05, 4.69) is 20.2 Å². The first kappa shape index (κ1) is 20.6. The smallest absolute Gasteiger partial charge is 0.409 e. The zero-order valence-corrected chi connectivity index (χ0v) is 16.8. The first-order valence-electron chi connectivity index (χ1n) is 9.84. The average Bonchev–Trinajstić information content (AvgIpc) is 3.26. The molecule has 0 unspecified atom stereocenters. The van der Waals surface area contributed by atoms with Crippen molar-refractivity contribution >= 4 is 12.1 Å². The number of hydrogen-bond donors (Lipinski definition) is 1. The molecule has 2 heterocycles. The molecule has 0 bridgehead atoms. The van der Waals surface area contributed by atoms with E-state index in [1.54, 1.807) is 41.2 Å². The zero-order chi connectivity index (χ0) is 20.6. The van der Waals surface area contributed by atoms with Crippen molar-refractivity contribution in [3.05, 3.63) is 48.3 Å². The lowest BCUT2D eigenvalue weighted by atomic mass is 10.2. The molecule has 9 heteroatoms. The van der Waals surface area contributed by atoms with Gasteiger partial charge in [0, 0.05) is 45.1 Å². The average molecular weight is 402 g/mol. The maximum atomic E-state index is 14.4. The summed E-state index contributed by atoms with van der Waals surface area (Å²) in [6, 6.07) is 5.10. The molecule has 2 aromatic rings. The van der Waals surface area contributed by atoms with Gasteiger partial charge in [0.15, 0.2) is 5.96 Å². The van der Waals surface area contributed by atoms with Crippen molar-refractivity contribution in [3.8, 4) is 5.69 Å². The lowest BCUT2D eigenvalue weighted by Crippen LogP contribution is -2.53. The molecule has 8 nitrogen and oxygen atoms in total. The third kappa shape index (κ3) is 5.24. The van der Waals surface area contributed by atoms with Crippen LogP contribution in [0.4, 0.5) is 9.18 Å². The Morgan fingerprint density at radius 2 is 2.00 bits per heavy atom. The number of rotatable bonds is 5. The zero-order valence-electron chi connectivity index (χ0n) is 16.8. The number of benzene rings is 1. The van der Waals surface area contributed by atoms with Gasteiger partial charge in [-0.15, -0.1) is 0 Å². The van der Waals surface area contributed by atoms with Gasteiger partial charge in [-0.2, -0.15) is 0 Å². The van der Waals surface area contributed by atoms with Crippen LogP contribution in [0.2, 0.25) is 0 Å². The van der Waals surface area contributed by atoms with E-state index < -0.39 is 0 Å². The summed E-state index contributed by atoms with van der Waals surface area (Å²) in [6.07, 6.45) is 4.61. The Morgan fingerprint density at radius 3 is 2.62 bits per heavy atom. The van der Waals surface area contributed by atoms with Crippen LogP contribution in [-0.4, -0.2) is 70.7 Å². The second-order valence-corrected chi connectivity index (χ2v) is 6.60. The Labute approximate surface area is 170 Å². The minimum Gasteiger partial charge on any atom is -0.450 e. The Hall–Kier alpha value is -3.10. The number of aromatic nitrogens is 2. The molecule has 1 aromatic heterocycles. The van der Waals surface area contributed by atoms with Crippen LogP contribution in [0.15, 0.2) is 41.9 Å². The summed E-state index contributed by atoms with van der Waals surface area (Å²) in [4.78, 5) is 24.3. The molecular formula is C20H27FN6O2. The number of carbonyl (C=O) groups excluding carboxylic acids is 1. The molecule has 0 saturated carbocycles. The second kappa shape index (κ2) is 9.90. The fraction of sp³-hybridized carbons (Fsp3) is 0.450. The van der Waals surface area contributed by atoms with Crippen molar-refractivity contribution in [1.29, 1.82) is 0 Å². The number of amides is 1. The number of guanidine groups is 1. The lowest BCUT2D eigenvalue weighted by Gasteiger charge is -2.35. The number of imidazole rings is 1. The molecule has 156 valence electrons. The van der Waals surface area contributed by atoms with Crippen molar-refractivity contribution in [3.63, 3.8) is 0 Å². The van der Waals surface area contributed by atoms with Crippen LogP contribution < -0.4 is 5.32 Å². The summed E-state index contributed by atoms with van der Waals surface area (Å²) in [5.74, 6) is 0.443. The van der Waals surface area contributed by atoms with E-state index in [-0.39, 0.29) is 11.9 Å². The third-order valence-corrected chi connectivity index (χ3v) is 4.65. The molecular weight excluding hydrogens is 375 g/mol. The van der Waals surface area contributed by atoms with Gasteiger partial charge in [-0.3, -0.25) is 0 Å². The van der Waals surface area contributed by atoms with E-state index in [1.807, 2.05) is 13.0 Å². The molecule has 1 amide bonds. The summed E-state index contributed by atoms with van der Waals surface area (Å²) < 4.78 is 21.1. The minimum atomic E-state index is -0.316. The SMILES string of the molecule is CCNC(=NCc1ccc(-n2ccnc2)c(F)c1)N1CCN(C(=O)OCC)CC1. The molecule has 29 heavy (non-hydrogen) atoms. The number of halogens is 1. The van der Waals surface area contributed by atoms with Crippen molar-refractivity contribution in [2.75, 3.05) is 39.3 Å². The van der Waals surface area contributed by atoms with Crippen molar-refractivity contribution in [2.24, 2.45) is 4.99 Å². The maximum Gasteiger partial charge on any atom is 0.409 e. The monoisotopic (exact) mass is 402 g/mol. The van der Waals surface area contributed by atoms with Crippen molar-refractivity contribution in [1.82, 2.24) is 24.7 Å². The fourth-order valence-electron chi connectivity index (χ4n) is 3.17. The highest BCUT2D eigenvalue weighted by molar-refractivity contribution is 5.80. The maximum absolute atomic E-state index is 14.4. The van der Waals surface area contributed by atoms with Gasteiger partial charge in [0.1, 0.15) is 5.82 Å². The Morgan fingerprint density at radius 1 is 1.24 bits per heavy atom. The van der Waals surface area contributed by atoms with Crippen LogP contribution in [-0.2, 0) is 11.3 Å². The van der Waals surface area contributed by atoms with Crippen LogP contribution in [0.25, 0.3) is 5.69 Å².